The number of aromatic nitrogens is 4. The molecular formula is C41H49N7O7. The molecule has 290 valence electrons. The summed E-state index contributed by atoms with van der Waals surface area (Å²) in [5, 5.41) is 2.72. The molecule has 55 heavy (non-hydrogen) atoms. The molecule has 0 aliphatic carbocycles. The van der Waals surface area contributed by atoms with Crippen LogP contribution in [0, 0.1) is 5.92 Å². The summed E-state index contributed by atoms with van der Waals surface area (Å²) >= 11 is 0. The lowest BCUT2D eigenvalue weighted by atomic mass is 9.87. The summed E-state index contributed by atoms with van der Waals surface area (Å²) in [5.41, 5.74) is 7.01. The van der Waals surface area contributed by atoms with E-state index in [0.29, 0.717) is 25.6 Å². The highest BCUT2D eigenvalue weighted by Gasteiger charge is 2.41. The minimum absolute atomic E-state index is 0.0163. The molecule has 0 saturated carbocycles. The van der Waals surface area contributed by atoms with Crippen LogP contribution in [0.15, 0.2) is 36.7 Å². The van der Waals surface area contributed by atoms with Gasteiger partial charge in [0.2, 0.25) is 5.91 Å². The highest BCUT2D eigenvalue weighted by molar-refractivity contribution is 5.89. The van der Waals surface area contributed by atoms with Crippen molar-refractivity contribution in [1.29, 1.82) is 0 Å². The number of nitrogens with zero attached hydrogens (tertiary/aromatic N) is 4. The number of carbonyl (C=O) groups is 3. The summed E-state index contributed by atoms with van der Waals surface area (Å²) in [6.07, 6.45) is 5.93. The first kappa shape index (κ1) is 36.4. The minimum Gasteiger partial charge on any atom is -0.488 e. The van der Waals surface area contributed by atoms with Crippen molar-refractivity contribution in [1.82, 2.24) is 35.1 Å². The number of methoxy groups -OCH3 is 1. The van der Waals surface area contributed by atoms with Gasteiger partial charge in [-0.25, -0.2) is 19.6 Å². The van der Waals surface area contributed by atoms with Gasteiger partial charge >= 0.3 is 12.2 Å². The standard InChI is InChI=1S/C41H49N7O7/c1-21(2)35(46-39(50)52-7)38(49)48-22(3)10-11-30(48)37-43-18-28(45-37)24-14-26-20-53-31-15-23(13-25-19-54-32(16-24)34(26)33(25)31)27-17-42-36(44-27)29-9-8-12-47(29)40(51)55-41(4,5)6/h13-18,21-22,29-30,35H,8-12,19-20H2,1-7H3,(H,42,44)(H,43,45)(H,46,50)/t22-,29-,30-,35-/m0/s1. The molecule has 2 aromatic carbocycles. The van der Waals surface area contributed by atoms with Crippen molar-refractivity contribution in [3.05, 3.63) is 59.4 Å². The molecule has 6 heterocycles. The van der Waals surface area contributed by atoms with E-state index < -0.39 is 17.7 Å². The van der Waals surface area contributed by atoms with Crippen LogP contribution in [0.1, 0.15) is 102 Å². The van der Waals surface area contributed by atoms with Crippen molar-refractivity contribution in [2.24, 2.45) is 5.92 Å². The fourth-order valence-electron chi connectivity index (χ4n) is 8.37. The molecule has 4 aliphatic heterocycles. The third-order valence-electron chi connectivity index (χ3n) is 11.0. The van der Waals surface area contributed by atoms with Crippen LogP contribution >= 0.6 is 0 Å². The monoisotopic (exact) mass is 751 g/mol. The van der Waals surface area contributed by atoms with E-state index in [2.05, 4.69) is 27.4 Å². The highest BCUT2D eigenvalue weighted by atomic mass is 16.6. The average Bonchev–Trinajstić information content (AvgIpc) is 3.98. The van der Waals surface area contributed by atoms with E-state index in [-0.39, 0.29) is 36.0 Å². The number of likely N-dealkylation sites (tertiary alicyclic amines) is 2. The van der Waals surface area contributed by atoms with Gasteiger partial charge in [-0.2, -0.15) is 0 Å². The first-order chi connectivity index (χ1) is 26.3. The van der Waals surface area contributed by atoms with Crippen molar-refractivity contribution in [2.75, 3.05) is 13.7 Å². The maximum Gasteiger partial charge on any atom is 0.410 e. The van der Waals surface area contributed by atoms with E-state index in [1.807, 2.05) is 64.8 Å². The molecule has 2 aromatic heterocycles. The zero-order valence-electron chi connectivity index (χ0n) is 32.4. The number of alkyl carbamates (subject to hydrolysis) is 1. The van der Waals surface area contributed by atoms with E-state index in [9.17, 15) is 14.4 Å². The number of benzene rings is 2. The van der Waals surface area contributed by atoms with Gasteiger partial charge in [-0.1, -0.05) is 13.8 Å². The number of rotatable bonds is 7. The number of carbonyl (C=O) groups excluding carboxylic acids is 3. The first-order valence-electron chi connectivity index (χ1n) is 19.2. The molecule has 3 amide bonds. The topological polar surface area (TPSA) is 164 Å². The summed E-state index contributed by atoms with van der Waals surface area (Å²) in [4.78, 5) is 58.9. The molecule has 14 heteroatoms. The van der Waals surface area contributed by atoms with Crippen LogP contribution < -0.4 is 14.8 Å². The van der Waals surface area contributed by atoms with Gasteiger partial charge in [-0.3, -0.25) is 9.69 Å². The van der Waals surface area contributed by atoms with Crippen molar-refractivity contribution < 1.29 is 33.3 Å². The molecule has 14 nitrogen and oxygen atoms in total. The van der Waals surface area contributed by atoms with E-state index in [0.717, 1.165) is 87.8 Å². The Kier molecular flexibility index (Phi) is 9.25. The van der Waals surface area contributed by atoms with Gasteiger partial charge in [0.1, 0.15) is 48.0 Å². The third kappa shape index (κ3) is 6.76. The SMILES string of the molecule is COC(=O)N[C@H](C(=O)N1[C@@H](C)CC[C@H]1c1ncc(-c2cc3c4c(c2)OCc2cc(-c5cnc([C@@H]6CCCN6C(=O)OC(C)(C)C)[nH]5)cc(c2-4)OC3)[nH]1)C(C)C. The zero-order valence-corrected chi connectivity index (χ0v) is 32.4. The lowest BCUT2D eigenvalue weighted by Crippen LogP contribution is -2.52. The highest BCUT2D eigenvalue weighted by Crippen LogP contribution is 2.51. The van der Waals surface area contributed by atoms with E-state index in [1.54, 1.807) is 11.1 Å². The Morgan fingerprint density at radius 2 is 1.45 bits per heavy atom. The van der Waals surface area contributed by atoms with Gasteiger partial charge in [-0.05, 0) is 83.6 Å². The summed E-state index contributed by atoms with van der Waals surface area (Å²) in [6, 6.07) is 7.14. The van der Waals surface area contributed by atoms with E-state index in [4.69, 9.17) is 28.9 Å². The average molecular weight is 752 g/mol. The first-order valence-corrected chi connectivity index (χ1v) is 19.2. The molecule has 8 rings (SSSR count). The molecule has 0 unspecified atom stereocenters. The van der Waals surface area contributed by atoms with Crippen LogP contribution in [0.5, 0.6) is 11.5 Å². The van der Waals surface area contributed by atoms with Gasteiger partial charge in [0.05, 0.1) is 43.0 Å². The Morgan fingerprint density at radius 1 is 0.873 bits per heavy atom. The van der Waals surface area contributed by atoms with Crippen molar-refractivity contribution in [3.8, 4) is 45.1 Å². The third-order valence-corrected chi connectivity index (χ3v) is 11.0. The van der Waals surface area contributed by atoms with E-state index in [1.165, 1.54) is 7.11 Å². The predicted molar refractivity (Wildman–Crippen MR) is 203 cm³/mol. The Hall–Kier alpha value is -5.53. The number of hydrogen-bond donors (Lipinski definition) is 3. The van der Waals surface area contributed by atoms with Crippen LogP contribution in [0.3, 0.4) is 0 Å². The second-order valence-electron chi connectivity index (χ2n) is 16.3. The summed E-state index contributed by atoms with van der Waals surface area (Å²) in [5.74, 6) is 2.72. The molecule has 2 saturated heterocycles. The largest absolute Gasteiger partial charge is 0.488 e. The molecule has 0 spiro atoms. The Labute approximate surface area is 320 Å². The second-order valence-corrected chi connectivity index (χ2v) is 16.3. The number of nitrogens with one attached hydrogen (secondary N) is 3. The second kappa shape index (κ2) is 14.0. The maximum absolute atomic E-state index is 13.9. The molecule has 3 N–H and O–H groups in total. The number of aromatic amines is 2. The maximum atomic E-state index is 13.9. The minimum atomic E-state index is -0.717. The predicted octanol–water partition coefficient (Wildman–Crippen LogP) is 7.42. The fourth-order valence-corrected chi connectivity index (χ4v) is 8.37. The summed E-state index contributed by atoms with van der Waals surface area (Å²) in [7, 11) is 1.29. The normalized spacial score (nSPS) is 20.5. The van der Waals surface area contributed by atoms with Gasteiger partial charge < -0.3 is 39.1 Å². The van der Waals surface area contributed by atoms with Crippen LogP contribution in [-0.2, 0) is 27.5 Å². The Balaban J connectivity index is 1.03. The van der Waals surface area contributed by atoms with E-state index >= 15 is 0 Å². The summed E-state index contributed by atoms with van der Waals surface area (Å²) < 4.78 is 23.3. The van der Waals surface area contributed by atoms with Crippen LogP contribution in [0.25, 0.3) is 33.6 Å². The summed E-state index contributed by atoms with van der Waals surface area (Å²) in [6.45, 7) is 12.8. The van der Waals surface area contributed by atoms with Gasteiger partial charge in [0.25, 0.3) is 0 Å². The van der Waals surface area contributed by atoms with Crippen molar-refractivity contribution >= 4 is 18.1 Å². The number of ether oxygens (including phenoxy) is 4. The number of H-pyrrole nitrogens is 2. The molecule has 2 fully saturated rings. The zero-order chi connectivity index (χ0) is 38.8. The van der Waals surface area contributed by atoms with Gasteiger partial charge in [0.15, 0.2) is 0 Å². The van der Waals surface area contributed by atoms with Crippen LogP contribution in [0.2, 0.25) is 0 Å². The smallest absolute Gasteiger partial charge is 0.410 e. The molecule has 0 bridgehead atoms. The lowest BCUT2D eigenvalue weighted by molar-refractivity contribution is -0.137. The molecule has 0 radical (unpaired) electrons. The fraction of sp³-hybridized carbons (Fsp3) is 0.488. The number of hydrogen-bond acceptors (Lipinski definition) is 9. The molecule has 4 aliphatic rings. The Morgan fingerprint density at radius 3 is 2.00 bits per heavy atom. The molecule has 4 atom stereocenters. The quantitative estimate of drug-likeness (QED) is 0.174. The van der Waals surface area contributed by atoms with Crippen molar-refractivity contribution in [3.63, 3.8) is 0 Å². The molecular weight excluding hydrogens is 702 g/mol. The van der Waals surface area contributed by atoms with Crippen LogP contribution in [0.4, 0.5) is 9.59 Å². The number of amides is 3. The molecule has 4 aromatic rings. The number of imidazole rings is 2. The van der Waals surface area contributed by atoms with Gasteiger partial charge in [-0.15, -0.1) is 0 Å². The van der Waals surface area contributed by atoms with Gasteiger partial charge in [0, 0.05) is 46.0 Å². The Bertz CT molecular complexity index is 2100. The van der Waals surface area contributed by atoms with Crippen LogP contribution in [-0.4, -0.2) is 79.2 Å². The van der Waals surface area contributed by atoms with Crippen molar-refractivity contribution in [2.45, 2.75) is 110 Å². The lowest BCUT2D eigenvalue weighted by Gasteiger charge is -2.33.